The van der Waals surface area contributed by atoms with Gasteiger partial charge in [0.25, 0.3) is 0 Å². The van der Waals surface area contributed by atoms with Crippen molar-refractivity contribution in [3.63, 3.8) is 0 Å². The van der Waals surface area contributed by atoms with Gasteiger partial charge in [-0.1, -0.05) is 20.8 Å². The monoisotopic (exact) mass is 305 g/mol. The van der Waals surface area contributed by atoms with Gasteiger partial charge in [0, 0.05) is 18.7 Å². The summed E-state index contributed by atoms with van der Waals surface area (Å²) in [6.07, 6.45) is 2.59. The third-order valence-corrected chi connectivity index (χ3v) is 9.43. The van der Waals surface area contributed by atoms with E-state index in [0.717, 1.165) is 0 Å². The largest absolute Gasteiger partial charge is 0.414 e. The van der Waals surface area contributed by atoms with Gasteiger partial charge < -0.3 is 4.43 Å². The van der Waals surface area contributed by atoms with Gasteiger partial charge in [0.15, 0.2) is 8.32 Å². The van der Waals surface area contributed by atoms with Gasteiger partial charge in [-0.25, -0.2) is 4.21 Å². The van der Waals surface area contributed by atoms with E-state index in [2.05, 4.69) is 45.2 Å². The first-order valence-corrected chi connectivity index (χ1v) is 10.9. The molecule has 0 heterocycles. The molecule has 0 rings (SSSR count). The van der Waals surface area contributed by atoms with E-state index in [0.29, 0.717) is 6.42 Å². The van der Waals surface area contributed by atoms with Crippen molar-refractivity contribution in [1.82, 2.24) is 0 Å². The molecule has 19 heavy (non-hydrogen) atoms. The van der Waals surface area contributed by atoms with Crippen LogP contribution in [0.25, 0.3) is 0 Å². The average Bonchev–Trinajstić information content (AvgIpc) is 2.12. The Kier molecular flexibility index (Phi) is 6.63. The van der Waals surface area contributed by atoms with Crippen molar-refractivity contribution in [2.45, 2.75) is 83.9 Å². The zero-order valence-electron chi connectivity index (χ0n) is 14.0. The summed E-state index contributed by atoms with van der Waals surface area (Å²) in [5.41, 5.74) is 0. The Morgan fingerprint density at radius 1 is 1.21 bits per heavy atom. The summed E-state index contributed by atoms with van der Waals surface area (Å²) < 4.78 is 21.8. The lowest BCUT2D eigenvalue weighted by atomic mass is 10.2. The van der Waals surface area contributed by atoms with Gasteiger partial charge in [0.05, 0.1) is 4.75 Å². The predicted octanol–water partition coefficient (Wildman–Crippen LogP) is 4.32. The van der Waals surface area contributed by atoms with Crippen molar-refractivity contribution in [2.75, 3.05) is 0 Å². The number of nitrogens with zero attached hydrogens (tertiary/aromatic N) is 1. The third-order valence-electron chi connectivity index (χ3n) is 3.43. The van der Waals surface area contributed by atoms with E-state index in [1.165, 1.54) is 0 Å². The van der Waals surface area contributed by atoms with Crippen LogP contribution < -0.4 is 0 Å². The number of hydrogen-bond donors (Lipinski definition) is 0. The van der Waals surface area contributed by atoms with Crippen LogP contribution in [0.4, 0.5) is 0 Å². The molecule has 0 aromatic heterocycles. The fourth-order valence-electron chi connectivity index (χ4n) is 1.15. The maximum Gasteiger partial charge on any atom is 0.192 e. The minimum absolute atomic E-state index is 0.126. The molecule has 3 nitrogen and oxygen atoms in total. The number of hydrogen-bond acceptors (Lipinski definition) is 2. The molecule has 0 fully saturated rings. The topological polar surface area (TPSA) is 38.7 Å². The zero-order valence-corrected chi connectivity index (χ0v) is 15.9. The van der Waals surface area contributed by atoms with Gasteiger partial charge in [-0.2, -0.15) is 4.40 Å². The highest BCUT2D eigenvalue weighted by Gasteiger charge is 2.38. The maximum absolute atomic E-state index is 11.8. The second-order valence-corrected chi connectivity index (χ2v) is 14.3. The van der Waals surface area contributed by atoms with Gasteiger partial charge in [0.2, 0.25) is 0 Å². The van der Waals surface area contributed by atoms with Crippen LogP contribution >= 0.6 is 0 Å². The zero-order chi connectivity index (χ0) is 15.5. The first-order chi connectivity index (χ1) is 8.27. The summed E-state index contributed by atoms with van der Waals surface area (Å²) in [7, 11) is -2.89. The lowest BCUT2D eigenvalue weighted by molar-refractivity contribution is 0.207. The SMILES string of the molecule is CC(CC=N[S@](=O)C(C)(C)C)O[Si](C)(C)C(C)(C)C. The molecular formula is C14H31NO2SSi. The Morgan fingerprint density at radius 3 is 2.05 bits per heavy atom. The van der Waals surface area contributed by atoms with Gasteiger partial charge in [-0.05, 0) is 45.8 Å². The maximum atomic E-state index is 11.8. The molecule has 0 bridgehead atoms. The Balaban J connectivity index is 4.39. The van der Waals surface area contributed by atoms with Crippen molar-refractivity contribution < 1.29 is 8.63 Å². The summed E-state index contributed by atoms with van der Waals surface area (Å²) in [5, 5.41) is 0.215. The highest BCUT2D eigenvalue weighted by Crippen LogP contribution is 2.37. The van der Waals surface area contributed by atoms with E-state index < -0.39 is 19.3 Å². The van der Waals surface area contributed by atoms with Crippen LogP contribution in [0.2, 0.25) is 18.1 Å². The first kappa shape index (κ1) is 19.0. The molecule has 0 aliphatic rings. The van der Waals surface area contributed by atoms with Crippen LogP contribution in [-0.4, -0.2) is 29.6 Å². The Hall–Kier alpha value is -0.00312. The molecule has 0 spiro atoms. The molecule has 0 N–H and O–H groups in total. The minimum Gasteiger partial charge on any atom is -0.414 e. The molecule has 0 amide bonds. The average molecular weight is 306 g/mol. The Bertz CT molecular complexity index is 340. The van der Waals surface area contributed by atoms with Crippen molar-refractivity contribution in [2.24, 2.45) is 4.40 Å². The molecule has 0 aromatic rings. The van der Waals surface area contributed by atoms with E-state index in [1.807, 2.05) is 20.8 Å². The summed E-state index contributed by atoms with van der Waals surface area (Å²) in [5.74, 6) is 0. The second-order valence-electron chi connectivity index (χ2n) is 7.57. The van der Waals surface area contributed by atoms with Crippen LogP contribution in [-0.2, 0) is 15.4 Å². The van der Waals surface area contributed by atoms with E-state index in [9.17, 15) is 4.21 Å². The quantitative estimate of drug-likeness (QED) is 0.560. The van der Waals surface area contributed by atoms with Crippen molar-refractivity contribution in [1.29, 1.82) is 0 Å². The third kappa shape index (κ3) is 6.81. The van der Waals surface area contributed by atoms with Crippen LogP contribution in [0.5, 0.6) is 0 Å². The molecule has 1 unspecified atom stereocenters. The lowest BCUT2D eigenvalue weighted by Gasteiger charge is -2.38. The molecule has 0 aliphatic heterocycles. The van der Waals surface area contributed by atoms with Crippen molar-refractivity contribution >= 4 is 25.5 Å². The summed E-state index contributed by atoms with van der Waals surface area (Å²) >= 11 is 0. The summed E-state index contributed by atoms with van der Waals surface area (Å²) in [6.45, 7) is 19.0. The standard InChI is InChI=1S/C14H31NO2SSi/c1-12(17-19(8,9)14(5,6)7)10-11-15-18(16)13(2,3)4/h11-12H,10H2,1-9H3/t12?,18-/m1/s1. The molecule has 114 valence electrons. The molecule has 0 aromatic carbocycles. The van der Waals surface area contributed by atoms with Gasteiger partial charge in [0.1, 0.15) is 11.0 Å². The first-order valence-electron chi connectivity index (χ1n) is 6.90. The lowest BCUT2D eigenvalue weighted by Crippen LogP contribution is -2.43. The highest BCUT2D eigenvalue weighted by molar-refractivity contribution is 7.85. The second kappa shape index (κ2) is 6.63. The smallest absolute Gasteiger partial charge is 0.192 e. The highest BCUT2D eigenvalue weighted by atomic mass is 32.2. The van der Waals surface area contributed by atoms with E-state index >= 15 is 0 Å². The molecule has 0 saturated heterocycles. The van der Waals surface area contributed by atoms with E-state index in [-0.39, 0.29) is 15.9 Å². The van der Waals surface area contributed by atoms with E-state index in [4.69, 9.17) is 4.43 Å². The van der Waals surface area contributed by atoms with Crippen molar-refractivity contribution in [3.8, 4) is 0 Å². The fourth-order valence-corrected chi connectivity index (χ4v) is 3.14. The van der Waals surface area contributed by atoms with Crippen LogP contribution in [0, 0.1) is 0 Å². The van der Waals surface area contributed by atoms with Crippen molar-refractivity contribution in [3.05, 3.63) is 0 Å². The molecule has 5 heteroatoms. The Morgan fingerprint density at radius 2 is 1.68 bits per heavy atom. The summed E-state index contributed by atoms with van der Waals surface area (Å²) in [6, 6.07) is 0. The normalized spacial score (nSPS) is 17.7. The fraction of sp³-hybridized carbons (Fsp3) is 0.929. The van der Waals surface area contributed by atoms with Crippen LogP contribution in [0.15, 0.2) is 4.40 Å². The van der Waals surface area contributed by atoms with Crippen LogP contribution in [0.1, 0.15) is 54.9 Å². The molecule has 2 atom stereocenters. The van der Waals surface area contributed by atoms with Crippen LogP contribution in [0.3, 0.4) is 0 Å². The number of rotatable bonds is 5. The van der Waals surface area contributed by atoms with E-state index in [1.54, 1.807) is 6.21 Å². The molecule has 0 radical (unpaired) electrons. The predicted molar refractivity (Wildman–Crippen MR) is 88.7 cm³/mol. The minimum atomic E-state index is -1.72. The summed E-state index contributed by atoms with van der Waals surface area (Å²) in [4.78, 5) is 0. The molecular weight excluding hydrogens is 274 g/mol. The molecule has 0 aliphatic carbocycles. The van der Waals surface area contributed by atoms with Gasteiger partial charge in [-0.15, -0.1) is 0 Å². The van der Waals surface area contributed by atoms with Gasteiger partial charge >= 0.3 is 0 Å². The van der Waals surface area contributed by atoms with Gasteiger partial charge in [-0.3, -0.25) is 0 Å². The molecule has 0 saturated carbocycles. The Labute approximate surface area is 123 Å².